The highest BCUT2D eigenvalue weighted by Crippen LogP contribution is 2.15. The van der Waals surface area contributed by atoms with E-state index in [0.29, 0.717) is 12.3 Å². The van der Waals surface area contributed by atoms with Crippen LogP contribution < -0.4 is 5.32 Å². The predicted octanol–water partition coefficient (Wildman–Crippen LogP) is 1.27. The van der Waals surface area contributed by atoms with Crippen molar-refractivity contribution in [2.75, 3.05) is 13.1 Å². The molecule has 1 aliphatic rings. The lowest BCUT2D eigenvalue weighted by Gasteiger charge is -2.21. The monoisotopic (exact) mass is 193 g/mol. The van der Waals surface area contributed by atoms with Crippen LogP contribution in [0.3, 0.4) is 0 Å². The van der Waals surface area contributed by atoms with Crippen LogP contribution in [0.15, 0.2) is 0 Å². The SMILES string of the molecule is Cl.O=C(O)CCC1CCCNC1. The summed E-state index contributed by atoms with van der Waals surface area (Å²) in [5, 5.41) is 11.7. The lowest BCUT2D eigenvalue weighted by molar-refractivity contribution is -0.137. The Labute approximate surface area is 78.9 Å². The van der Waals surface area contributed by atoms with Gasteiger partial charge in [-0.2, -0.15) is 0 Å². The predicted molar refractivity (Wildman–Crippen MR) is 49.7 cm³/mol. The van der Waals surface area contributed by atoms with Gasteiger partial charge in [-0.3, -0.25) is 4.79 Å². The highest BCUT2D eigenvalue weighted by Gasteiger charge is 2.13. The molecular weight excluding hydrogens is 178 g/mol. The summed E-state index contributed by atoms with van der Waals surface area (Å²) in [7, 11) is 0. The van der Waals surface area contributed by atoms with Gasteiger partial charge in [0.2, 0.25) is 0 Å². The number of aliphatic carboxylic acids is 1. The number of carboxylic acids is 1. The fraction of sp³-hybridized carbons (Fsp3) is 0.875. The van der Waals surface area contributed by atoms with Crippen LogP contribution in [0.5, 0.6) is 0 Å². The van der Waals surface area contributed by atoms with Gasteiger partial charge in [-0.25, -0.2) is 0 Å². The van der Waals surface area contributed by atoms with E-state index >= 15 is 0 Å². The Morgan fingerprint density at radius 2 is 2.33 bits per heavy atom. The number of hydrogen-bond donors (Lipinski definition) is 2. The molecule has 0 saturated carbocycles. The second-order valence-corrected chi connectivity index (χ2v) is 3.14. The Bertz CT molecular complexity index is 135. The molecule has 3 nitrogen and oxygen atoms in total. The normalized spacial score (nSPS) is 22.8. The Morgan fingerprint density at radius 1 is 1.58 bits per heavy atom. The van der Waals surface area contributed by atoms with E-state index in [4.69, 9.17) is 5.11 Å². The molecule has 0 aromatic heterocycles. The zero-order chi connectivity index (χ0) is 8.10. The largest absolute Gasteiger partial charge is 0.481 e. The number of nitrogens with one attached hydrogen (secondary N) is 1. The molecule has 1 saturated heterocycles. The lowest BCUT2D eigenvalue weighted by atomic mass is 9.95. The number of carbonyl (C=O) groups is 1. The van der Waals surface area contributed by atoms with Crippen LogP contribution in [0.2, 0.25) is 0 Å². The number of piperidine rings is 1. The minimum absolute atomic E-state index is 0. The third-order valence-electron chi connectivity index (χ3n) is 2.17. The van der Waals surface area contributed by atoms with Crippen molar-refractivity contribution in [3.05, 3.63) is 0 Å². The summed E-state index contributed by atoms with van der Waals surface area (Å²) in [5.74, 6) is -0.0737. The van der Waals surface area contributed by atoms with Crippen LogP contribution in [0, 0.1) is 5.92 Å². The third-order valence-corrected chi connectivity index (χ3v) is 2.17. The Morgan fingerprint density at radius 3 is 2.83 bits per heavy atom. The fourth-order valence-electron chi connectivity index (χ4n) is 1.50. The summed E-state index contributed by atoms with van der Waals surface area (Å²) in [4.78, 5) is 10.2. The van der Waals surface area contributed by atoms with Gasteiger partial charge < -0.3 is 10.4 Å². The molecule has 0 bridgehead atoms. The van der Waals surface area contributed by atoms with E-state index in [0.717, 1.165) is 19.5 Å². The topological polar surface area (TPSA) is 49.3 Å². The van der Waals surface area contributed by atoms with E-state index in [2.05, 4.69) is 5.32 Å². The fourth-order valence-corrected chi connectivity index (χ4v) is 1.50. The summed E-state index contributed by atoms with van der Waals surface area (Å²) < 4.78 is 0. The van der Waals surface area contributed by atoms with Crippen LogP contribution in [0.4, 0.5) is 0 Å². The van der Waals surface area contributed by atoms with Gasteiger partial charge in [0.05, 0.1) is 0 Å². The number of halogens is 1. The first-order valence-electron chi connectivity index (χ1n) is 4.21. The van der Waals surface area contributed by atoms with Gasteiger partial charge in [0.15, 0.2) is 0 Å². The van der Waals surface area contributed by atoms with Crippen molar-refractivity contribution in [1.29, 1.82) is 0 Å². The van der Waals surface area contributed by atoms with E-state index in [-0.39, 0.29) is 12.4 Å². The van der Waals surface area contributed by atoms with Crippen molar-refractivity contribution in [2.45, 2.75) is 25.7 Å². The molecule has 0 aromatic carbocycles. The van der Waals surface area contributed by atoms with Crippen LogP contribution in [-0.4, -0.2) is 24.2 Å². The quantitative estimate of drug-likeness (QED) is 0.710. The Balaban J connectivity index is 0.00000121. The van der Waals surface area contributed by atoms with Crippen LogP contribution in [0.1, 0.15) is 25.7 Å². The molecule has 1 aliphatic heterocycles. The van der Waals surface area contributed by atoms with Crippen molar-refractivity contribution < 1.29 is 9.90 Å². The second-order valence-electron chi connectivity index (χ2n) is 3.14. The van der Waals surface area contributed by atoms with Gasteiger partial charge in [0.1, 0.15) is 0 Å². The summed E-state index contributed by atoms with van der Waals surface area (Å²) >= 11 is 0. The molecule has 12 heavy (non-hydrogen) atoms. The maximum absolute atomic E-state index is 10.2. The van der Waals surface area contributed by atoms with Crippen molar-refractivity contribution in [3.8, 4) is 0 Å². The van der Waals surface area contributed by atoms with Gasteiger partial charge in [0, 0.05) is 6.42 Å². The molecule has 1 rings (SSSR count). The van der Waals surface area contributed by atoms with Gasteiger partial charge in [-0.1, -0.05) is 0 Å². The maximum atomic E-state index is 10.2. The first-order valence-corrected chi connectivity index (χ1v) is 4.21. The van der Waals surface area contributed by atoms with Crippen LogP contribution >= 0.6 is 12.4 Å². The first-order chi connectivity index (χ1) is 5.29. The van der Waals surface area contributed by atoms with Crippen molar-refractivity contribution in [1.82, 2.24) is 5.32 Å². The van der Waals surface area contributed by atoms with E-state index in [1.165, 1.54) is 12.8 Å². The summed E-state index contributed by atoms with van der Waals surface area (Å²) in [5.41, 5.74) is 0. The molecule has 0 aromatic rings. The van der Waals surface area contributed by atoms with Crippen molar-refractivity contribution in [2.24, 2.45) is 5.92 Å². The van der Waals surface area contributed by atoms with E-state index < -0.39 is 5.97 Å². The molecule has 4 heteroatoms. The molecule has 0 radical (unpaired) electrons. The standard InChI is InChI=1S/C8H15NO2.ClH/c10-8(11)4-3-7-2-1-5-9-6-7;/h7,9H,1-6H2,(H,10,11);1H. The summed E-state index contributed by atoms with van der Waals surface area (Å²) in [6.45, 7) is 2.11. The minimum Gasteiger partial charge on any atom is -0.481 e. The molecule has 1 fully saturated rings. The summed E-state index contributed by atoms with van der Waals surface area (Å²) in [6, 6.07) is 0. The van der Waals surface area contributed by atoms with Gasteiger partial charge in [-0.05, 0) is 38.3 Å². The zero-order valence-corrected chi connectivity index (χ0v) is 7.90. The maximum Gasteiger partial charge on any atom is 0.303 e. The Kier molecular flexibility index (Phi) is 6.11. The molecule has 0 aliphatic carbocycles. The molecule has 2 N–H and O–H groups in total. The summed E-state index contributed by atoms with van der Waals surface area (Å²) in [6.07, 6.45) is 3.55. The smallest absolute Gasteiger partial charge is 0.303 e. The number of hydrogen-bond acceptors (Lipinski definition) is 2. The molecule has 0 amide bonds. The number of carboxylic acid groups (broad SMARTS) is 1. The molecule has 0 spiro atoms. The van der Waals surface area contributed by atoms with Gasteiger partial charge in [-0.15, -0.1) is 12.4 Å². The Hall–Kier alpha value is -0.280. The van der Waals surface area contributed by atoms with Crippen molar-refractivity contribution >= 4 is 18.4 Å². The third kappa shape index (κ3) is 4.57. The highest BCUT2D eigenvalue weighted by atomic mass is 35.5. The zero-order valence-electron chi connectivity index (χ0n) is 7.08. The van der Waals surface area contributed by atoms with Crippen LogP contribution in [0.25, 0.3) is 0 Å². The average Bonchev–Trinajstić information content (AvgIpc) is 2.03. The minimum atomic E-state index is -0.671. The molecular formula is C8H16ClNO2. The second kappa shape index (κ2) is 6.26. The number of rotatable bonds is 3. The van der Waals surface area contributed by atoms with E-state index in [1.54, 1.807) is 0 Å². The van der Waals surface area contributed by atoms with Gasteiger partial charge in [0.25, 0.3) is 0 Å². The van der Waals surface area contributed by atoms with E-state index in [1.807, 2.05) is 0 Å². The molecule has 1 atom stereocenters. The van der Waals surface area contributed by atoms with Gasteiger partial charge >= 0.3 is 5.97 Å². The molecule has 1 heterocycles. The van der Waals surface area contributed by atoms with Crippen molar-refractivity contribution in [3.63, 3.8) is 0 Å². The first kappa shape index (κ1) is 11.7. The van der Waals surface area contributed by atoms with E-state index in [9.17, 15) is 4.79 Å². The lowest BCUT2D eigenvalue weighted by Crippen LogP contribution is -2.29. The highest BCUT2D eigenvalue weighted by molar-refractivity contribution is 5.85. The van der Waals surface area contributed by atoms with Crippen LogP contribution in [-0.2, 0) is 4.79 Å². The molecule has 1 unspecified atom stereocenters. The average molecular weight is 194 g/mol. The molecule has 72 valence electrons.